The van der Waals surface area contributed by atoms with Crippen LogP contribution in [0.2, 0.25) is 5.02 Å². The molecule has 0 bridgehead atoms. The highest BCUT2D eigenvalue weighted by Crippen LogP contribution is 2.44. The maximum absolute atomic E-state index is 12.7. The van der Waals surface area contributed by atoms with Gasteiger partial charge in [-0.25, -0.2) is 9.78 Å². The summed E-state index contributed by atoms with van der Waals surface area (Å²) >= 11 is 11.5. The van der Waals surface area contributed by atoms with Gasteiger partial charge in [0.1, 0.15) is 11.6 Å². The number of aromatic nitrogens is 1. The Bertz CT molecular complexity index is 1390. The molecule has 1 aliphatic rings. The van der Waals surface area contributed by atoms with Gasteiger partial charge in [0.15, 0.2) is 0 Å². The van der Waals surface area contributed by atoms with Gasteiger partial charge in [0.25, 0.3) is 0 Å². The standard InChI is InChI=1S/C28H22BrClN2O3S/c29-24-11-12-25(30)26(36-27-17(15-33)6-5-13-31-27)22(24)14-32-28(34)35-16-23-20-9-3-1-7-18(20)19-8-2-4-10-21(19)23/h1-13,23,33H,14-16H2,(H,32,34). The first-order valence-electron chi connectivity index (χ1n) is 11.3. The van der Waals surface area contributed by atoms with E-state index in [1.807, 2.05) is 36.4 Å². The lowest BCUT2D eigenvalue weighted by atomic mass is 9.98. The minimum absolute atomic E-state index is 0.00627. The van der Waals surface area contributed by atoms with Crippen LogP contribution in [-0.4, -0.2) is 22.8 Å². The van der Waals surface area contributed by atoms with Crippen LogP contribution < -0.4 is 5.32 Å². The van der Waals surface area contributed by atoms with Crippen molar-refractivity contribution in [1.29, 1.82) is 0 Å². The summed E-state index contributed by atoms with van der Waals surface area (Å²) in [4.78, 5) is 17.9. The number of aliphatic hydroxyl groups is 1. The Hall–Kier alpha value is -2.84. The summed E-state index contributed by atoms with van der Waals surface area (Å²) in [6, 6.07) is 23.7. The van der Waals surface area contributed by atoms with Crippen LogP contribution in [0.4, 0.5) is 4.79 Å². The number of fused-ring (bicyclic) bond motifs is 3. The Kier molecular flexibility index (Phi) is 7.62. The SMILES string of the molecule is O=C(NCc1c(Br)ccc(Cl)c1Sc1ncccc1CO)OCC1c2ccccc2-c2ccccc21. The minimum Gasteiger partial charge on any atom is -0.449 e. The Morgan fingerprint density at radius 2 is 1.72 bits per heavy atom. The number of amides is 1. The fourth-order valence-electron chi connectivity index (χ4n) is 4.39. The van der Waals surface area contributed by atoms with Gasteiger partial charge < -0.3 is 15.2 Å². The van der Waals surface area contributed by atoms with Gasteiger partial charge in [-0.2, -0.15) is 0 Å². The topological polar surface area (TPSA) is 71.5 Å². The Morgan fingerprint density at radius 3 is 2.42 bits per heavy atom. The molecule has 4 aromatic rings. The van der Waals surface area contributed by atoms with Crippen LogP contribution in [0, 0.1) is 0 Å². The van der Waals surface area contributed by atoms with Gasteiger partial charge in [0.05, 0.1) is 11.6 Å². The molecule has 0 spiro atoms. The third-order valence-corrected chi connectivity index (χ3v) is 8.53. The van der Waals surface area contributed by atoms with Crippen molar-refractivity contribution in [3.05, 3.63) is 111 Å². The van der Waals surface area contributed by atoms with E-state index < -0.39 is 6.09 Å². The summed E-state index contributed by atoms with van der Waals surface area (Å²) in [5.41, 5.74) is 6.20. The van der Waals surface area contributed by atoms with Crippen LogP contribution in [-0.2, 0) is 17.9 Å². The van der Waals surface area contributed by atoms with Gasteiger partial charge in [0, 0.05) is 39.2 Å². The normalized spacial score (nSPS) is 12.2. The molecule has 8 heteroatoms. The molecule has 2 N–H and O–H groups in total. The maximum Gasteiger partial charge on any atom is 0.407 e. The fraction of sp³-hybridized carbons (Fsp3) is 0.143. The molecule has 1 heterocycles. The number of carbonyl (C=O) groups is 1. The highest BCUT2D eigenvalue weighted by atomic mass is 79.9. The molecule has 36 heavy (non-hydrogen) atoms. The number of alkyl carbamates (subject to hydrolysis) is 1. The molecular formula is C28H22BrClN2O3S. The van der Waals surface area contributed by atoms with Crippen molar-refractivity contribution in [2.75, 3.05) is 6.61 Å². The Morgan fingerprint density at radius 1 is 1.03 bits per heavy atom. The highest BCUT2D eigenvalue weighted by molar-refractivity contribution is 9.10. The summed E-state index contributed by atoms with van der Waals surface area (Å²) < 4.78 is 6.48. The van der Waals surface area contributed by atoms with Crippen molar-refractivity contribution in [3.63, 3.8) is 0 Å². The number of carbonyl (C=O) groups excluding carboxylic acids is 1. The molecule has 0 saturated heterocycles. The quantitative estimate of drug-likeness (QED) is 0.242. The average Bonchev–Trinajstić information content (AvgIpc) is 3.23. The largest absolute Gasteiger partial charge is 0.449 e. The first-order valence-corrected chi connectivity index (χ1v) is 13.3. The smallest absolute Gasteiger partial charge is 0.407 e. The first-order chi connectivity index (χ1) is 17.6. The highest BCUT2D eigenvalue weighted by Gasteiger charge is 2.29. The van der Waals surface area contributed by atoms with Gasteiger partial charge >= 0.3 is 6.09 Å². The lowest BCUT2D eigenvalue weighted by Gasteiger charge is -2.17. The third-order valence-electron chi connectivity index (χ3n) is 6.13. The van der Waals surface area contributed by atoms with Crippen LogP contribution >= 0.6 is 39.3 Å². The number of halogens is 2. The Balaban J connectivity index is 1.29. The van der Waals surface area contributed by atoms with E-state index in [0.29, 0.717) is 15.6 Å². The molecular weight excluding hydrogens is 560 g/mol. The average molecular weight is 582 g/mol. The molecule has 0 atom stereocenters. The van der Waals surface area contributed by atoms with Crippen LogP contribution in [0.25, 0.3) is 11.1 Å². The van der Waals surface area contributed by atoms with Crippen molar-refractivity contribution in [1.82, 2.24) is 10.3 Å². The second kappa shape index (κ2) is 11.0. The molecule has 0 saturated carbocycles. The maximum atomic E-state index is 12.7. The summed E-state index contributed by atoms with van der Waals surface area (Å²) in [5, 5.41) is 13.7. The number of nitrogens with zero attached hydrogens (tertiary/aromatic N) is 1. The molecule has 182 valence electrons. The zero-order valence-electron chi connectivity index (χ0n) is 19.1. The molecule has 1 amide bonds. The van der Waals surface area contributed by atoms with E-state index in [0.717, 1.165) is 26.1 Å². The van der Waals surface area contributed by atoms with Crippen molar-refractivity contribution in [3.8, 4) is 11.1 Å². The van der Waals surface area contributed by atoms with Gasteiger partial charge in [-0.1, -0.05) is 93.9 Å². The minimum atomic E-state index is -0.506. The number of nitrogens with one attached hydrogen (secondary N) is 1. The molecule has 1 aliphatic carbocycles. The van der Waals surface area contributed by atoms with E-state index in [2.05, 4.69) is 50.5 Å². The number of rotatable bonds is 7. The van der Waals surface area contributed by atoms with Gasteiger partial charge in [-0.05, 0) is 40.5 Å². The molecule has 3 aromatic carbocycles. The van der Waals surface area contributed by atoms with Crippen molar-refractivity contribution in [2.24, 2.45) is 0 Å². The van der Waals surface area contributed by atoms with Crippen molar-refractivity contribution >= 4 is 45.4 Å². The molecule has 0 aliphatic heterocycles. The zero-order valence-corrected chi connectivity index (χ0v) is 22.2. The van der Waals surface area contributed by atoms with E-state index in [4.69, 9.17) is 16.3 Å². The predicted octanol–water partition coefficient (Wildman–Crippen LogP) is 7.18. The van der Waals surface area contributed by atoms with Gasteiger partial charge in [-0.15, -0.1) is 0 Å². The number of hydrogen-bond donors (Lipinski definition) is 2. The number of benzene rings is 3. The van der Waals surface area contributed by atoms with Crippen LogP contribution in [0.1, 0.15) is 28.2 Å². The molecule has 0 unspecified atom stereocenters. The summed E-state index contributed by atoms with van der Waals surface area (Å²) in [6.45, 7) is 0.322. The zero-order chi connectivity index (χ0) is 25.1. The number of hydrogen-bond acceptors (Lipinski definition) is 5. The molecule has 5 rings (SSSR count). The van der Waals surface area contributed by atoms with E-state index in [1.165, 1.54) is 22.9 Å². The molecule has 0 radical (unpaired) electrons. The van der Waals surface area contributed by atoms with E-state index in [1.54, 1.807) is 18.3 Å². The van der Waals surface area contributed by atoms with Crippen LogP contribution in [0.5, 0.6) is 0 Å². The van der Waals surface area contributed by atoms with Crippen LogP contribution in [0.15, 0.2) is 93.4 Å². The summed E-state index contributed by atoms with van der Waals surface area (Å²) in [5.74, 6) is -0.00627. The van der Waals surface area contributed by atoms with Crippen LogP contribution in [0.3, 0.4) is 0 Å². The molecule has 5 nitrogen and oxygen atoms in total. The summed E-state index contributed by atoms with van der Waals surface area (Å²) in [7, 11) is 0. The second-order valence-electron chi connectivity index (χ2n) is 8.24. The predicted molar refractivity (Wildman–Crippen MR) is 145 cm³/mol. The number of ether oxygens (including phenoxy) is 1. The summed E-state index contributed by atoms with van der Waals surface area (Å²) in [6.07, 6.45) is 1.16. The molecule has 0 fully saturated rings. The molecule has 1 aromatic heterocycles. The van der Waals surface area contributed by atoms with Gasteiger partial charge in [0.2, 0.25) is 0 Å². The fourth-order valence-corrected chi connectivity index (χ4v) is 6.33. The Labute approximate surface area is 227 Å². The van der Waals surface area contributed by atoms with E-state index in [-0.39, 0.29) is 25.7 Å². The third kappa shape index (κ3) is 5.02. The monoisotopic (exact) mass is 580 g/mol. The van der Waals surface area contributed by atoms with E-state index >= 15 is 0 Å². The van der Waals surface area contributed by atoms with E-state index in [9.17, 15) is 9.90 Å². The van der Waals surface area contributed by atoms with Crippen molar-refractivity contribution < 1.29 is 14.6 Å². The lowest BCUT2D eigenvalue weighted by Crippen LogP contribution is -2.26. The lowest BCUT2D eigenvalue weighted by molar-refractivity contribution is 0.142. The second-order valence-corrected chi connectivity index (χ2v) is 10.5. The van der Waals surface area contributed by atoms with Gasteiger partial charge in [-0.3, -0.25) is 0 Å². The van der Waals surface area contributed by atoms with Crippen molar-refractivity contribution in [2.45, 2.75) is 29.0 Å². The number of pyridine rings is 1. The first kappa shape index (κ1) is 24.8. The number of aliphatic hydroxyl groups excluding tert-OH is 1.